The van der Waals surface area contributed by atoms with E-state index in [1.807, 2.05) is 0 Å². The van der Waals surface area contributed by atoms with Crippen LogP contribution in [0.4, 0.5) is 0 Å². The van der Waals surface area contributed by atoms with Gasteiger partial charge in [-0.15, -0.1) is 0 Å². The van der Waals surface area contributed by atoms with Gasteiger partial charge in [-0.1, -0.05) is 12.2 Å². The summed E-state index contributed by atoms with van der Waals surface area (Å²) < 4.78 is 0. The Morgan fingerprint density at radius 2 is 2.00 bits per heavy atom. The van der Waals surface area contributed by atoms with Gasteiger partial charge in [-0.2, -0.15) is 0 Å². The van der Waals surface area contributed by atoms with Crippen molar-refractivity contribution in [2.75, 3.05) is 13.6 Å². The maximum atomic E-state index is 2.45. The minimum atomic E-state index is 0.657. The molecule has 2 unspecified atom stereocenters. The maximum absolute atomic E-state index is 2.45. The van der Waals surface area contributed by atoms with Gasteiger partial charge in [0, 0.05) is 12.6 Å². The summed E-state index contributed by atoms with van der Waals surface area (Å²) in [5.74, 6) is 1.90. The summed E-state index contributed by atoms with van der Waals surface area (Å²) in [6, 6.07) is 0.657. The van der Waals surface area contributed by atoms with Crippen molar-refractivity contribution in [1.29, 1.82) is 0 Å². The molecule has 1 heteroatoms. The van der Waals surface area contributed by atoms with E-state index in [0.717, 1.165) is 11.8 Å². The van der Waals surface area contributed by atoms with Crippen LogP contribution < -0.4 is 0 Å². The second-order valence-corrected chi connectivity index (χ2v) is 4.07. The van der Waals surface area contributed by atoms with E-state index in [1.165, 1.54) is 19.4 Å². The zero-order valence-corrected chi connectivity index (χ0v) is 7.46. The molecule has 0 N–H and O–H groups in total. The van der Waals surface area contributed by atoms with Crippen molar-refractivity contribution in [2.45, 2.75) is 25.8 Å². The second-order valence-electron chi connectivity index (χ2n) is 4.07. The van der Waals surface area contributed by atoms with Crippen LogP contribution in [0.2, 0.25) is 0 Å². The standard InChI is InChI=1S/C10H17N/c1-8-3-4-10(7-11(8)2)9-5-6-9/h3-4,8-10H,5-7H2,1-2H3. The predicted octanol–water partition coefficient (Wildman–Crippen LogP) is 1.90. The van der Waals surface area contributed by atoms with Crippen molar-refractivity contribution in [3.8, 4) is 0 Å². The van der Waals surface area contributed by atoms with E-state index in [0.29, 0.717) is 6.04 Å². The first-order chi connectivity index (χ1) is 5.27. The highest BCUT2D eigenvalue weighted by molar-refractivity contribution is 5.05. The minimum absolute atomic E-state index is 0.657. The highest BCUT2D eigenvalue weighted by Crippen LogP contribution is 2.39. The summed E-state index contributed by atoms with van der Waals surface area (Å²) in [7, 11) is 2.23. The normalized spacial score (nSPS) is 39.5. The van der Waals surface area contributed by atoms with E-state index in [4.69, 9.17) is 0 Å². The lowest BCUT2D eigenvalue weighted by Gasteiger charge is -2.30. The first-order valence-electron chi connectivity index (χ1n) is 4.66. The Morgan fingerprint density at radius 1 is 1.27 bits per heavy atom. The van der Waals surface area contributed by atoms with Crippen molar-refractivity contribution in [3.05, 3.63) is 12.2 Å². The van der Waals surface area contributed by atoms with Crippen molar-refractivity contribution in [2.24, 2.45) is 11.8 Å². The van der Waals surface area contributed by atoms with Gasteiger partial charge < -0.3 is 0 Å². The van der Waals surface area contributed by atoms with E-state index in [2.05, 4.69) is 31.0 Å². The molecular formula is C10H17N. The minimum Gasteiger partial charge on any atom is -0.300 e. The molecule has 1 heterocycles. The monoisotopic (exact) mass is 151 g/mol. The molecule has 1 fully saturated rings. The third-order valence-corrected chi connectivity index (χ3v) is 3.06. The van der Waals surface area contributed by atoms with Gasteiger partial charge in [-0.25, -0.2) is 0 Å². The number of hydrogen-bond donors (Lipinski definition) is 0. The summed E-state index contributed by atoms with van der Waals surface area (Å²) in [6.07, 6.45) is 7.73. The fraction of sp³-hybridized carbons (Fsp3) is 0.800. The molecule has 0 aromatic carbocycles. The molecule has 0 bridgehead atoms. The molecule has 62 valence electrons. The molecule has 1 aliphatic carbocycles. The van der Waals surface area contributed by atoms with E-state index < -0.39 is 0 Å². The van der Waals surface area contributed by atoms with Gasteiger partial charge in [0.05, 0.1) is 0 Å². The average Bonchev–Trinajstić information content (AvgIpc) is 2.77. The molecule has 0 spiro atoms. The van der Waals surface area contributed by atoms with Gasteiger partial charge in [0.15, 0.2) is 0 Å². The topological polar surface area (TPSA) is 3.24 Å². The van der Waals surface area contributed by atoms with Crippen LogP contribution in [0.5, 0.6) is 0 Å². The van der Waals surface area contributed by atoms with Crippen LogP contribution in [0, 0.1) is 11.8 Å². The quantitative estimate of drug-likeness (QED) is 0.517. The highest BCUT2D eigenvalue weighted by Gasteiger charge is 2.32. The fourth-order valence-electron chi connectivity index (χ4n) is 1.84. The van der Waals surface area contributed by atoms with E-state index in [9.17, 15) is 0 Å². The number of likely N-dealkylation sites (N-methyl/N-ethyl adjacent to an activating group) is 1. The van der Waals surface area contributed by atoms with Crippen LogP contribution in [0.25, 0.3) is 0 Å². The van der Waals surface area contributed by atoms with Crippen LogP contribution in [-0.2, 0) is 0 Å². The van der Waals surface area contributed by atoms with E-state index >= 15 is 0 Å². The summed E-state index contributed by atoms with van der Waals surface area (Å²) >= 11 is 0. The van der Waals surface area contributed by atoms with Crippen LogP contribution in [-0.4, -0.2) is 24.5 Å². The van der Waals surface area contributed by atoms with Crippen LogP contribution in [0.15, 0.2) is 12.2 Å². The summed E-state index contributed by atoms with van der Waals surface area (Å²) in [5, 5.41) is 0. The Kier molecular flexibility index (Phi) is 1.76. The molecule has 0 aromatic heterocycles. The van der Waals surface area contributed by atoms with Crippen molar-refractivity contribution in [3.63, 3.8) is 0 Å². The second kappa shape index (κ2) is 2.63. The van der Waals surface area contributed by atoms with Crippen LogP contribution in [0.3, 0.4) is 0 Å². The van der Waals surface area contributed by atoms with Crippen LogP contribution in [0.1, 0.15) is 19.8 Å². The molecule has 0 aromatic rings. The lowest BCUT2D eigenvalue weighted by Crippen LogP contribution is -2.35. The van der Waals surface area contributed by atoms with Gasteiger partial charge in [-0.3, -0.25) is 4.90 Å². The third kappa shape index (κ3) is 1.48. The third-order valence-electron chi connectivity index (χ3n) is 3.06. The molecule has 2 aliphatic rings. The Bertz CT molecular complexity index is 170. The molecule has 1 aliphatic heterocycles. The summed E-state index contributed by atoms with van der Waals surface area (Å²) in [6.45, 7) is 3.54. The van der Waals surface area contributed by atoms with Crippen LogP contribution >= 0.6 is 0 Å². The molecule has 11 heavy (non-hydrogen) atoms. The molecule has 1 nitrogen and oxygen atoms in total. The van der Waals surface area contributed by atoms with Gasteiger partial charge in [-0.05, 0) is 38.6 Å². The smallest absolute Gasteiger partial charge is 0.0247 e. The Labute approximate surface area is 69.1 Å². The lowest BCUT2D eigenvalue weighted by molar-refractivity contribution is 0.239. The first-order valence-corrected chi connectivity index (χ1v) is 4.66. The lowest BCUT2D eigenvalue weighted by atomic mass is 9.97. The molecule has 1 saturated carbocycles. The first kappa shape index (κ1) is 7.35. The van der Waals surface area contributed by atoms with Gasteiger partial charge in [0.25, 0.3) is 0 Å². The molecule has 0 radical (unpaired) electrons. The summed E-state index contributed by atoms with van der Waals surface area (Å²) in [4.78, 5) is 2.45. The predicted molar refractivity (Wildman–Crippen MR) is 47.4 cm³/mol. The Balaban J connectivity index is 1.99. The van der Waals surface area contributed by atoms with E-state index in [1.54, 1.807) is 0 Å². The number of rotatable bonds is 1. The summed E-state index contributed by atoms with van der Waals surface area (Å²) in [5.41, 5.74) is 0. The Morgan fingerprint density at radius 3 is 2.55 bits per heavy atom. The van der Waals surface area contributed by atoms with Gasteiger partial charge in [0.2, 0.25) is 0 Å². The van der Waals surface area contributed by atoms with Gasteiger partial charge >= 0.3 is 0 Å². The molecular weight excluding hydrogens is 134 g/mol. The van der Waals surface area contributed by atoms with Crippen molar-refractivity contribution < 1.29 is 0 Å². The zero-order chi connectivity index (χ0) is 7.84. The maximum Gasteiger partial charge on any atom is 0.0247 e. The molecule has 2 atom stereocenters. The largest absolute Gasteiger partial charge is 0.300 e. The van der Waals surface area contributed by atoms with Gasteiger partial charge in [0.1, 0.15) is 0 Å². The zero-order valence-electron chi connectivity index (χ0n) is 7.46. The highest BCUT2D eigenvalue weighted by atomic mass is 15.1. The number of hydrogen-bond acceptors (Lipinski definition) is 1. The molecule has 0 saturated heterocycles. The molecule has 0 amide bonds. The van der Waals surface area contributed by atoms with Crippen molar-refractivity contribution in [1.82, 2.24) is 4.90 Å². The fourth-order valence-corrected chi connectivity index (χ4v) is 1.84. The van der Waals surface area contributed by atoms with E-state index in [-0.39, 0.29) is 0 Å². The average molecular weight is 151 g/mol. The SMILES string of the molecule is CC1C=CC(C2CC2)CN1C. The molecule has 2 rings (SSSR count). The Hall–Kier alpha value is -0.300. The van der Waals surface area contributed by atoms with Crippen molar-refractivity contribution >= 4 is 0 Å². The number of nitrogens with zero attached hydrogens (tertiary/aromatic N) is 1.